The Morgan fingerprint density at radius 2 is 2.09 bits per heavy atom. The van der Waals surface area contributed by atoms with Gasteiger partial charge < -0.3 is 15.2 Å². The first kappa shape index (κ1) is 17.8. The lowest BCUT2D eigenvalue weighted by atomic mass is 9.98. The number of hydrogen-bond donors (Lipinski definition) is 1. The van der Waals surface area contributed by atoms with Crippen molar-refractivity contribution in [1.29, 1.82) is 0 Å². The van der Waals surface area contributed by atoms with Crippen molar-refractivity contribution in [1.82, 2.24) is 9.78 Å². The van der Waals surface area contributed by atoms with Gasteiger partial charge in [-0.15, -0.1) is 12.4 Å². The molecule has 1 aliphatic heterocycles. The van der Waals surface area contributed by atoms with E-state index in [0.717, 1.165) is 35.7 Å². The van der Waals surface area contributed by atoms with Gasteiger partial charge in [-0.2, -0.15) is 5.10 Å². The maximum absolute atomic E-state index is 6.09. The molecular formula is C17H24ClN3O2. The number of nitrogens with two attached hydrogens (primary N) is 1. The highest BCUT2D eigenvalue weighted by molar-refractivity contribution is 5.85. The number of aryl methyl sites for hydroxylation is 2. The average molecular weight is 338 g/mol. The van der Waals surface area contributed by atoms with Gasteiger partial charge in [0.1, 0.15) is 5.75 Å². The summed E-state index contributed by atoms with van der Waals surface area (Å²) >= 11 is 0. The summed E-state index contributed by atoms with van der Waals surface area (Å²) in [6.45, 7) is 4.09. The second kappa shape index (κ2) is 7.81. The van der Waals surface area contributed by atoms with Crippen LogP contribution in [-0.4, -0.2) is 35.6 Å². The molecule has 5 nitrogen and oxygen atoms in total. The van der Waals surface area contributed by atoms with Crippen molar-refractivity contribution in [2.45, 2.75) is 19.4 Å². The molecule has 0 amide bonds. The minimum absolute atomic E-state index is 0. The Morgan fingerprint density at radius 3 is 2.70 bits per heavy atom. The van der Waals surface area contributed by atoms with Crippen LogP contribution in [0.3, 0.4) is 0 Å². The number of halogens is 1. The van der Waals surface area contributed by atoms with E-state index in [1.54, 1.807) is 0 Å². The van der Waals surface area contributed by atoms with Crippen molar-refractivity contribution in [3.63, 3.8) is 0 Å². The number of benzene rings is 1. The van der Waals surface area contributed by atoms with E-state index in [-0.39, 0.29) is 24.4 Å². The molecule has 126 valence electrons. The van der Waals surface area contributed by atoms with Gasteiger partial charge in [-0.05, 0) is 43.7 Å². The van der Waals surface area contributed by atoms with E-state index in [4.69, 9.17) is 15.2 Å². The molecule has 1 aromatic carbocycles. The molecule has 3 rings (SSSR count). The Labute approximate surface area is 143 Å². The van der Waals surface area contributed by atoms with Crippen LogP contribution in [0, 0.1) is 12.8 Å². The topological polar surface area (TPSA) is 62.3 Å². The van der Waals surface area contributed by atoms with Gasteiger partial charge in [-0.25, -0.2) is 0 Å². The van der Waals surface area contributed by atoms with Crippen molar-refractivity contribution in [2.24, 2.45) is 18.7 Å². The Hall–Kier alpha value is -1.56. The highest BCUT2D eigenvalue weighted by atomic mass is 35.5. The second-order valence-electron chi connectivity index (χ2n) is 5.92. The van der Waals surface area contributed by atoms with Gasteiger partial charge in [0.05, 0.1) is 18.9 Å². The fraction of sp³-hybridized carbons (Fsp3) is 0.471. The molecule has 1 fully saturated rings. The fourth-order valence-electron chi connectivity index (χ4n) is 2.61. The molecule has 1 aliphatic rings. The van der Waals surface area contributed by atoms with Crippen LogP contribution in [0.15, 0.2) is 30.3 Å². The lowest BCUT2D eigenvalue weighted by molar-refractivity contribution is 0.0226. The van der Waals surface area contributed by atoms with Crippen molar-refractivity contribution in [3.05, 3.63) is 36.0 Å². The maximum Gasteiger partial charge on any atom is 0.119 e. The molecule has 2 atom stereocenters. The number of aromatic nitrogens is 2. The molecule has 6 heteroatoms. The number of rotatable bonds is 4. The molecule has 2 N–H and O–H groups in total. The standard InChI is InChI=1S/C17H23N3O2.ClH/c1-12-9-17(19-20(12)2)13-3-5-15(6-4-13)22-11-14-10-21-8-7-16(14)18;/h3-6,9,14,16H,7-8,10-11,18H2,1-2H3;1H. The van der Waals surface area contributed by atoms with Gasteiger partial charge in [0.15, 0.2) is 0 Å². The highest BCUT2D eigenvalue weighted by Crippen LogP contribution is 2.23. The summed E-state index contributed by atoms with van der Waals surface area (Å²) in [7, 11) is 1.95. The summed E-state index contributed by atoms with van der Waals surface area (Å²) in [5.41, 5.74) is 9.30. The fourth-order valence-corrected chi connectivity index (χ4v) is 2.61. The third-order valence-electron chi connectivity index (χ3n) is 4.26. The first-order valence-electron chi connectivity index (χ1n) is 7.70. The van der Waals surface area contributed by atoms with Gasteiger partial charge in [0.2, 0.25) is 0 Å². The summed E-state index contributed by atoms with van der Waals surface area (Å²) in [5, 5.41) is 4.48. The van der Waals surface area contributed by atoms with Crippen molar-refractivity contribution in [3.8, 4) is 17.0 Å². The van der Waals surface area contributed by atoms with E-state index in [1.165, 1.54) is 0 Å². The molecular weight excluding hydrogens is 314 g/mol. The van der Waals surface area contributed by atoms with Crippen molar-refractivity contribution in [2.75, 3.05) is 19.8 Å². The van der Waals surface area contributed by atoms with E-state index in [0.29, 0.717) is 13.2 Å². The summed E-state index contributed by atoms with van der Waals surface area (Å²) < 4.78 is 13.2. The minimum Gasteiger partial charge on any atom is -0.493 e. The minimum atomic E-state index is 0. The molecule has 1 saturated heterocycles. The van der Waals surface area contributed by atoms with Crippen LogP contribution in [0.5, 0.6) is 5.75 Å². The zero-order chi connectivity index (χ0) is 15.5. The quantitative estimate of drug-likeness (QED) is 0.931. The molecule has 2 unspecified atom stereocenters. The zero-order valence-corrected chi connectivity index (χ0v) is 14.4. The Bertz CT molecular complexity index is 608. The molecule has 0 aliphatic carbocycles. The van der Waals surface area contributed by atoms with Crippen LogP contribution in [0.1, 0.15) is 12.1 Å². The first-order chi connectivity index (χ1) is 10.6. The molecule has 0 spiro atoms. The van der Waals surface area contributed by atoms with Gasteiger partial charge in [0.25, 0.3) is 0 Å². The lowest BCUT2D eigenvalue weighted by Crippen LogP contribution is -2.41. The summed E-state index contributed by atoms with van der Waals surface area (Å²) in [6, 6.07) is 10.3. The van der Waals surface area contributed by atoms with Gasteiger partial charge in [0, 0.05) is 36.9 Å². The van der Waals surface area contributed by atoms with E-state index in [2.05, 4.69) is 11.2 Å². The number of nitrogens with zero attached hydrogens (tertiary/aromatic N) is 2. The van der Waals surface area contributed by atoms with Crippen LogP contribution in [0.2, 0.25) is 0 Å². The Balaban J connectivity index is 0.00000192. The smallest absolute Gasteiger partial charge is 0.119 e. The van der Waals surface area contributed by atoms with Crippen molar-refractivity contribution < 1.29 is 9.47 Å². The predicted octanol–water partition coefficient (Wildman–Crippen LogP) is 2.56. The molecule has 0 bridgehead atoms. The summed E-state index contributed by atoms with van der Waals surface area (Å²) in [6.07, 6.45) is 0.909. The number of ether oxygens (including phenoxy) is 2. The van der Waals surface area contributed by atoms with Crippen LogP contribution in [-0.2, 0) is 11.8 Å². The molecule has 23 heavy (non-hydrogen) atoms. The van der Waals surface area contributed by atoms with E-state index < -0.39 is 0 Å². The van der Waals surface area contributed by atoms with Gasteiger partial charge in [-0.1, -0.05) is 0 Å². The predicted molar refractivity (Wildman–Crippen MR) is 93.0 cm³/mol. The lowest BCUT2D eigenvalue weighted by Gasteiger charge is -2.28. The average Bonchev–Trinajstić information content (AvgIpc) is 2.86. The summed E-state index contributed by atoms with van der Waals surface area (Å²) in [5.74, 6) is 1.13. The largest absolute Gasteiger partial charge is 0.493 e. The molecule has 2 heterocycles. The maximum atomic E-state index is 6.09. The Kier molecular flexibility index (Phi) is 6.04. The SMILES string of the molecule is Cc1cc(-c2ccc(OCC3COCCC3N)cc2)nn1C.Cl. The monoisotopic (exact) mass is 337 g/mol. The normalized spacial score (nSPS) is 20.8. The van der Waals surface area contributed by atoms with Crippen molar-refractivity contribution >= 4 is 12.4 Å². The van der Waals surface area contributed by atoms with E-state index >= 15 is 0 Å². The van der Waals surface area contributed by atoms with Gasteiger partial charge in [-0.3, -0.25) is 4.68 Å². The third-order valence-corrected chi connectivity index (χ3v) is 4.26. The van der Waals surface area contributed by atoms with Gasteiger partial charge >= 0.3 is 0 Å². The molecule has 0 saturated carbocycles. The zero-order valence-electron chi connectivity index (χ0n) is 13.6. The third kappa shape index (κ3) is 4.25. The Morgan fingerprint density at radius 1 is 1.35 bits per heavy atom. The van der Waals surface area contributed by atoms with E-state index in [9.17, 15) is 0 Å². The first-order valence-corrected chi connectivity index (χ1v) is 7.70. The highest BCUT2D eigenvalue weighted by Gasteiger charge is 2.23. The number of hydrogen-bond acceptors (Lipinski definition) is 4. The molecule has 1 aromatic heterocycles. The van der Waals surface area contributed by atoms with Crippen LogP contribution in [0.25, 0.3) is 11.3 Å². The van der Waals surface area contributed by atoms with E-state index in [1.807, 2.05) is 42.9 Å². The van der Waals surface area contributed by atoms with Crippen LogP contribution >= 0.6 is 12.4 Å². The molecule has 0 radical (unpaired) electrons. The molecule has 2 aromatic rings. The second-order valence-corrected chi connectivity index (χ2v) is 5.92. The van der Waals surface area contributed by atoms with Crippen LogP contribution < -0.4 is 10.5 Å². The van der Waals surface area contributed by atoms with Crippen LogP contribution in [0.4, 0.5) is 0 Å². The summed E-state index contributed by atoms with van der Waals surface area (Å²) in [4.78, 5) is 0.